The average molecular weight is 399 g/mol. The Kier molecular flexibility index (Phi) is 6.69. The summed E-state index contributed by atoms with van der Waals surface area (Å²) in [6.07, 6.45) is 1.01. The second-order valence-corrected chi connectivity index (χ2v) is 7.01. The monoisotopic (exact) mass is 399 g/mol. The molecule has 154 valence electrons. The lowest BCUT2D eigenvalue weighted by molar-refractivity contribution is 0.181. The van der Waals surface area contributed by atoms with Crippen LogP contribution in [0.1, 0.15) is 24.5 Å². The maximum Gasteiger partial charge on any atom is 0.414 e. The topological polar surface area (TPSA) is 61.9 Å². The van der Waals surface area contributed by atoms with E-state index in [-0.39, 0.29) is 17.9 Å². The molecule has 7 heteroatoms. The third-order valence-electron chi connectivity index (χ3n) is 4.94. The first-order valence-corrected chi connectivity index (χ1v) is 9.84. The molecule has 0 unspecified atom stereocenters. The lowest BCUT2D eigenvalue weighted by Gasteiger charge is -2.24. The van der Waals surface area contributed by atoms with Gasteiger partial charge in [-0.25, -0.2) is 14.0 Å². The number of benzene rings is 2. The van der Waals surface area contributed by atoms with Crippen molar-refractivity contribution in [3.05, 3.63) is 59.4 Å². The highest BCUT2D eigenvalue weighted by Crippen LogP contribution is 2.29. The fourth-order valence-electron chi connectivity index (χ4n) is 3.40. The van der Waals surface area contributed by atoms with Gasteiger partial charge in [-0.1, -0.05) is 25.1 Å². The van der Waals surface area contributed by atoms with E-state index in [0.717, 1.165) is 23.2 Å². The van der Waals surface area contributed by atoms with Gasteiger partial charge in [0.2, 0.25) is 0 Å². The molecule has 0 aliphatic carbocycles. The van der Waals surface area contributed by atoms with Crippen LogP contribution in [-0.2, 0) is 11.2 Å². The summed E-state index contributed by atoms with van der Waals surface area (Å²) in [5.74, 6) is -0.276. The molecule has 6 nitrogen and oxygen atoms in total. The number of rotatable bonds is 7. The highest BCUT2D eigenvalue weighted by Gasteiger charge is 2.26. The number of carbonyl (C=O) groups is 2. The molecule has 1 saturated heterocycles. The number of nitrogens with one attached hydrogen (secondary N) is 1. The van der Waals surface area contributed by atoms with Gasteiger partial charge >= 0.3 is 12.1 Å². The molecule has 1 fully saturated rings. The van der Waals surface area contributed by atoms with E-state index in [1.54, 1.807) is 21.9 Å². The summed E-state index contributed by atoms with van der Waals surface area (Å²) in [6.45, 7) is 5.81. The molecule has 1 heterocycles. The van der Waals surface area contributed by atoms with Crippen molar-refractivity contribution < 1.29 is 18.7 Å². The maximum absolute atomic E-state index is 13.4. The van der Waals surface area contributed by atoms with Gasteiger partial charge in [0, 0.05) is 18.8 Å². The van der Waals surface area contributed by atoms with Gasteiger partial charge in [0.15, 0.2) is 0 Å². The lowest BCUT2D eigenvalue weighted by Crippen LogP contribution is -2.37. The summed E-state index contributed by atoms with van der Waals surface area (Å²) in [7, 11) is 0. The van der Waals surface area contributed by atoms with E-state index in [2.05, 4.69) is 5.32 Å². The number of halogens is 1. The molecule has 2 aromatic rings. The number of amides is 3. The highest BCUT2D eigenvalue weighted by atomic mass is 19.1. The number of hydrogen-bond donors (Lipinski definition) is 1. The van der Waals surface area contributed by atoms with Gasteiger partial charge in [0.25, 0.3) is 0 Å². The molecule has 0 spiro atoms. The van der Waals surface area contributed by atoms with Crippen molar-refractivity contribution in [3.63, 3.8) is 0 Å². The van der Waals surface area contributed by atoms with E-state index in [0.29, 0.717) is 38.3 Å². The molecule has 0 bridgehead atoms. The minimum atomic E-state index is -0.376. The van der Waals surface area contributed by atoms with E-state index in [1.165, 1.54) is 12.1 Å². The highest BCUT2D eigenvalue weighted by molar-refractivity contribution is 5.95. The van der Waals surface area contributed by atoms with Crippen LogP contribution >= 0.6 is 0 Å². The zero-order valence-corrected chi connectivity index (χ0v) is 16.8. The van der Waals surface area contributed by atoms with Crippen LogP contribution in [0.4, 0.5) is 25.4 Å². The van der Waals surface area contributed by atoms with E-state index < -0.39 is 0 Å². The molecule has 2 aromatic carbocycles. The first-order valence-electron chi connectivity index (χ1n) is 9.84. The number of cyclic esters (lactones) is 1. The summed E-state index contributed by atoms with van der Waals surface area (Å²) in [5, 5.41) is 2.96. The van der Waals surface area contributed by atoms with Crippen molar-refractivity contribution in [1.82, 2.24) is 4.90 Å². The summed E-state index contributed by atoms with van der Waals surface area (Å²) in [5.41, 5.74) is 3.04. The first-order chi connectivity index (χ1) is 14.0. The molecular formula is C22H26FN3O3. The van der Waals surface area contributed by atoms with Crippen molar-refractivity contribution in [2.45, 2.75) is 26.7 Å². The predicted octanol–water partition coefficient (Wildman–Crippen LogP) is 4.58. The SMILES string of the molecule is CCCN(CCc1cccc(F)c1)C(=O)Nc1cccc(N2CCOC2=O)c1C. The van der Waals surface area contributed by atoms with Crippen molar-refractivity contribution in [1.29, 1.82) is 0 Å². The second-order valence-electron chi connectivity index (χ2n) is 7.01. The predicted molar refractivity (Wildman–Crippen MR) is 111 cm³/mol. The van der Waals surface area contributed by atoms with Crippen molar-refractivity contribution in [2.75, 3.05) is 36.5 Å². The molecule has 3 amide bonds. The Morgan fingerprint density at radius 2 is 2.03 bits per heavy atom. The minimum Gasteiger partial charge on any atom is -0.447 e. The van der Waals surface area contributed by atoms with Crippen LogP contribution < -0.4 is 10.2 Å². The summed E-state index contributed by atoms with van der Waals surface area (Å²) < 4.78 is 18.4. The molecule has 3 rings (SSSR count). The Morgan fingerprint density at radius 1 is 1.24 bits per heavy atom. The molecule has 1 aliphatic rings. The molecule has 0 atom stereocenters. The summed E-state index contributed by atoms with van der Waals surface area (Å²) in [6, 6.07) is 11.7. The molecule has 1 N–H and O–H groups in total. The van der Waals surface area contributed by atoms with E-state index >= 15 is 0 Å². The lowest BCUT2D eigenvalue weighted by atomic mass is 10.1. The third-order valence-corrected chi connectivity index (χ3v) is 4.94. The van der Waals surface area contributed by atoms with Gasteiger partial charge in [-0.05, 0) is 55.2 Å². The van der Waals surface area contributed by atoms with Crippen molar-refractivity contribution in [3.8, 4) is 0 Å². The largest absolute Gasteiger partial charge is 0.447 e. The van der Waals surface area contributed by atoms with E-state index in [1.807, 2.05) is 32.0 Å². The van der Waals surface area contributed by atoms with Crippen LogP contribution in [0.2, 0.25) is 0 Å². The Bertz CT molecular complexity index is 887. The molecule has 29 heavy (non-hydrogen) atoms. The molecule has 0 radical (unpaired) electrons. The van der Waals surface area contributed by atoms with Crippen LogP contribution in [0.15, 0.2) is 42.5 Å². The van der Waals surface area contributed by atoms with E-state index in [4.69, 9.17) is 4.74 Å². The van der Waals surface area contributed by atoms with Crippen LogP contribution in [0.5, 0.6) is 0 Å². The van der Waals surface area contributed by atoms with Crippen LogP contribution in [-0.4, -0.2) is 43.3 Å². The number of anilines is 2. The van der Waals surface area contributed by atoms with Crippen LogP contribution in [0, 0.1) is 12.7 Å². The van der Waals surface area contributed by atoms with Gasteiger partial charge in [0.05, 0.1) is 12.2 Å². The third kappa shape index (κ3) is 5.04. The minimum absolute atomic E-state index is 0.215. The van der Waals surface area contributed by atoms with Gasteiger partial charge in [0.1, 0.15) is 12.4 Å². The summed E-state index contributed by atoms with van der Waals surface area (Å²) in [4.78, 5) is 28.0. The van der Waals surface area contributed by atoms with E-state index in [9.17, 15) is 14.0 Å². The number of carbonyl (C=O) groups excluding carboxylic acids is 2. The van der Waals surface area contributed by atoms with Gasteiger partial charge < -0.3 is 15.0 Å². The Hall–Kier alpha value is -3.09. The van der Waals surface area contributed by atoms with Crippen LogP contribution in [0.3, 0.4) is 0 Å². The number of urea groups is 1. The van der Waals surface area contributed by atoms with Crippen LogP contribution in [0.25, 0.3) is 0 Å². The number of hydrogen-bond acceptors (Lipinski definition) is 3. The fraction of sp³-hybridized carbons (Fsp3) is 0.364. The summed E-state index contributed by atoms with van der Waals surface area (Å²) >= 11 is 0. The quantitative estimate of drug-likeness (QED) is 0.741. The molecule has 0 aromatic heterocycles. The first kappa shape index (κ1) is 20.6. The van der Waals surface area contributed by atoms with Gasteiger partial charge in [-0.15, -0.1) is 0 Å². The maximum atomic E-state index is 13.4. The average Bonchev–Trinajstić information content (AvgIpc) is 3.12. The van der Waals surface area contributed by atoms with Gasteiger partial charge in [-0.2, -0.15) is 0 Å². The Balaban J connectivity index is 1.70. The fourth-order valence-corrected chi connectivity index (χ4v) is 3.40. The molecule has 0 saturated carbocycles. The normalized spacial score (nSPS) is 13.3. The Labute approximate surface area is 170 Å². The zero-order valence-electron chi connectivity index (χ0n) is 16.8. The molecular weight excluding hydrogens is 373 g/mol. The second kappa shape index (κ2) is 9.41. The Morgan fingerprint density at radius 3 is 2.72 bits per heavy atom. The zero-order chi connectivity index (χ0) is 20.8. The molecule has 1 aliphatic heterocycles. The smallest absolute Gasteiger partial charge is 0.414 e. The number of ether oxygens (including phenoxy) is 1. The van der Waals surface area contributed by atoms with Gasteiger partial charge in [-0.3, -0.25) is 4.90 Å². The van der Waals surface area contributed by atoms with Crippen molar-refractivity contribution >= 4 is 23.5 Å². The number of nitrogens with zero attached hydrogens (tertiary/aromatic N) is 2. The standard InChI is InChI=1S/C22H26FN3O3/c1-3-11-25(12-10-17-6-4-7-18(23)15-17)21(27)24-19-8-5-9-20(16(19)2)26-13-14-29-22(26)28/h4-9,15H,3,10-14H2,1-2H3,(H,24,27). The van der Waals surface area contributed by atoms with Crippen molar-refractivity contribution in [2.24, 2.45) is 0 Å².